The van der Waals surface area contributed by atoms with E-state index in [4.69, 9.17) is 9.47 Å². The minimum atomic E-state index is -0.378. The summed E-state index contributed by atoms with van der Waals surface area (Å²) in [4.78, 5) is 12.4. The maximum Gasteiger partial charge on any atom is 0.269 e. The molecule has 1 saturated heterocycles. The first-order valence-corrected chi connectivity index (χ1v) is 7.99. The average Bonchev–Trinajstić information content (AvgIpc) is 3.07. The van der Waals surface area contributed by atoms with E-state index in [9.17, 15) is 9.18 Å². The minimum Gasteiger partial charge on any atom is -0.379 e. The molecule has 1 aromatic heterocycles. The highest BCUT2D eigenvalue weighted by atomic mass is 19.1. The van der Waals surface area contributed by atoms with E-state index in [0.29, 0.717) is 37.5 Å². The van der Waals surface area contributed by atoms with Crippen molar-refractivity contribution in [1.29, 1.82) is 0 Å². The molecule has 0 bridgehead atoms. The zero-order valence-electron chi connectivity index (χ0n) is 13.4. The Morgan fingerprint density at radius 3 is 3.12 bits per heavy atom. The molecule has 0 unspecified atom stereocenters. The standard InChI is InChI=1S/C17H20FN3O3/c1-2-24-16-10-23-8-7-13(16)19-17(22)15-9-14(20-21-15)11-5-3-4-6-12(11)18/h3-6,9,13,16H,2,7-8,10H2,1H3,(H,19,22)(H,20,21)/t13-,16-/m1/s1. The Labute approximate surface area is 139 Å². The second-order valence-corrected chi connectivity index (χ2v) is 5.58. The first-order valence-electron chi connectivity index (χ1n) is 7.99. The van der Waals surface area contributed by atoms with Gasteiger partial charge < -0.3 is 14.8 Å². The van der Waals surface area contributed by atoms with Crippen LogP contribution < -0.4 is 5.32 Å². The highest BCUT2D eigenvalue weighted by Gasteiger charge is 2.28. The number of hydrogen-bond donors (Lipinski definition) is 2. The molecule has 24 heavy (non-hydrogen) atoms. The van der Waals surface area contributed by atoms with E-state index < -0.39 is 0 Å². The zero-order chi connectivity index (χ0) is 16.9. The first-order chi connectivity index (χ1) is 11.7. The fourth-order valence-corrected chi connectivity index (χ4v) is 2.75. The zero-order valence-corrected chi connectivity index (χ0v) is 13.4. The number of ether oxygens (including phenoxy) is 2. The Bertz CT molecular complexity index is 702. The quantitative estimate of drug-likeness (QED) is 0.879. The smallest absolute Gasteiger partial charge is 0.269 e. The van der Waals surface area contributed by atoms with Gasteiger partial charge in [0.2, 0.25) is 0 Å². The molecule has 128 valence electrons. The molecule has 3 rings (SSSR count). The number of amides is 1. The number of nitrogens with zero attached hydrogens (tertiary/aromatic N) is 1. The largest absolute Gasteiger partial charge is 0.379 e. The number of rotatable bonds is 5. The van der Waals surface area contributed by atoms with Crippen LogP contribution in [0.2, 0.25) is 0 Å². The van der Waals surface area contributed by atoms with Gasteiger partial charge in [0.1, 0.15) is 17.6 Å². The number of H-pyrrole nitrogens is 1. The number of aromatic amines is 1. The molecule has 0 radical (unpaired) electrons. The van der Waals surface area contributed by atoms with Crippen LogP contribution in [0.5, 0.6) is 0 Å². The van der Waals surface area contributed by atoms with E-state index in [2.05, 4.69) is 15.5 Å². The predicted octanol–water partition coefficient (Wildman–Crippen LogP) is 2.14. The maximum absolute atomic E-state index is 13.8. The lowest BCUT2D eigenvalue weighted by Crippen LogP contribution is -2.50. The fourth-order valence-electron chi connectivity index (χ4n) is 2.75. The van der Waals surface area contributed by atoms with E-state index in [1.807, 2.05) is 6.92 Å². The third kappa shape index (κ3) is 3.63. The van der Waals surface area contributed by atoms with Crippen molar-refractivity contribution in [2.45, 2.75) is 25.5 Å². The van der Waals surface area contributed by atoms with Gasteiger partial charge >= 0.3 is 0 Å². The molecule has 7 heteroatoms. The van der Waals surface area contributed by atoms with Gasteiger partial charge in [-0.15, -0.1) is 0 Å². The molecule has 0 aliphatic carbocycles. The Morgan fingerprint density at radius 1 is 1.50 bits per heavy atom. The summed E-state index contributed by atoms with van der Waals surface area (Å²) in [5.41, 5.74) is 1.03. The number of carbonyl (C=O) groups is 1. The lowest BCUT2D eigenvalue weighted by atomic mass is 10.1. The number of carbonyl (C=O) groups excluding carboxylic acids is 1. The molecular formula is C17H20FN3O3. The molecule has 1 aliphatic rings. The molecule has 1 fully saturated rings. The Hall–Kier alpha value is -2.25. The maximum atomic E-state index is 13.8. The SMILES string of the molecule is CCO[C@@H]1COCC[C@H]1NC(=O)c1cc(-c2ccccc2F)n[nH]1. The van der Waals surface area contributed by atoms with Crippen LogP contribution in [0.15, 0.2) is 30.3 Å². The molecule has 6 nitrogen and oxygen atoms in total. The van der Waals surface area contributed by atoms with E-state index in [1.165, 1.54) is 6.07 Å². The Morgan fingerprint density at radius 2 is 2.33 bits per heavy atom. The molecular weight excluding hydrogens is 313 g/mol. The van der Waals surface area contributed by atoms with Crippen LogP contribution in [0.4, 0.5) is 4.39 Å². The lowest BCUT2D eigenvalue weighted by molar-refractivity contribution is -0.0633. The van der Waals surface area contributed by atoms with E-state index in [-0.39, 0.29) is 29.6 Å². The van der Waals surface area contributed by atoms with Crippen molar-refractivity contribution in [3.05, 3.63) is 41.8 Å². The van der Waals surface area contributed by atoms with Crippen molar-refractivity contribution in [2.24, 2.45) is 0 Å². The Kier molecular flexibility index (Phi) is 5.22. The van der Waals surface area contributed by atoms with Gasteiger partial charge in [0, 0.05) is 18.8 Å². The summed E-state index contributed by atoms with van der Waals surface area (Å²) in [5.74, 6) is -0.668. The van der Waals surface area contributed by atoms with Gasteiger partial charge in [-0.2, -0.15) is 5.10 Å². The topological polar surface area (TPSA) is 76.2 Å². The van der Waals surface area contributed by atoms with E-state index >= 15 is 0 Å². The number of nitrogens with one attached hydrogen (secondary N) is 2. The van der Waals surface area contributed by atoms with Gasteiger partial charge in [0.25, 0.3) is 5.91 Å². The number of benzene rings is 1. The van der Waals surface area contributed by atoms with Crippen molar-refractivity contribution in [3.63, 3.8) is 0 Å². The van der Waals surface area contributed by atoms with Gasteiger partial charge in [0.15, 0.2) is 0 Å². The Balaban J connectivity index is 1.71. The second kappa shape index (κ2) is 7.55. The van der Waals surface area contributed by atoms with Crippen LogP contribution in [0.3, 0.4) is 0 Å². The molecule has 1 amide bonds. The molecule has 2 atom stereocenters. The minimum absolute atomic E-state index is 0.119. The van der Waals surface area contributed by atoms with Crippen molar-refractivity contribution in [2.75, 3.05) is 19.8 Å². The van der Waals surface area contributed by atoms with Crippen LogP contribution in [0, 0.1) is 5.82 Å². The summed E-state index contributed by atoms with van der Waals surface area (Å²) in [6.07, 6.45) is 0.520. The monoisotopic (exact) mass is 333 g/mol. The average molecular weight is 333 g/mol. The third-order valence-corrected chi connectivity index (χ3v) is 3.97. The number of hydrogen-bond acceptors (Lipinski definition) is 4. The molecule has 0 spiro atoms. The summed E-state index contributed by atoms with van der Waals surface area (Å²) >= 11 is 0. The number of halogens is 1. The van der Waals surface area contributed by atoms with Crippen molar-refractivity contribution >= 4 is 5.91 Å². The van der Waals surface area contributed by atoms with Gasteiger partial charge in [-0.1, -0.05) is 12.1 Å². The highest BCUT2D eigenvalue weighted by Crippen LogP contribution is 2.21. The predicted molar refractivity (Wildman–Crippen MR) is 86.1 cm³/mol. The van der Waals surface area contributed by atoms with Crippen molar-refractivity contribution in [1.82, 2.24) is 15.5 Å². The van der Waals surface area contributed by atoms with Crippen LogP contribution in [0.1, 0.15) is 23.8 Å². The second-order valence-electron chi connectivity index (χ2n) is 5.58. The van der Waals surface area contributed by atoms with Crippen LogP contribution >= 0.6 is 0 Å². The molecule has 1 aromatic carbocycles. The first kappa shape index (κ1) is 16.6. The van der Waals surface area contributed by atoms with Gasteiger partial charge in [-0.25, -0.2) is 4.39 Å². The molecule has 2 aromatic rings. The van der Waals surface area contributed by atoms with Crippen molar-refractivity contribution in [3.8, 4) is 11.3 Å². The van der Waals surface area contributed by atoms with Crippen LogP contribution in [-0.2, 0) is 9.47 Å². The van der Waals surface area contributed by atoms with Gasteiger partial charge in [-0.05, 0) is 31.5 Å². The van der Waals surface area contributed by atoms with Gasteiger partial charge in [-0.3, -0.25) is 9.89 Å². The summed E-state index contributed by atoms with van der Waals surface area (Å²) in [7, 11) is 0. The van der Waals surface area contributed by atoms with Gasteiger partial charge in [0.05, 0.1) is 18.3 Å². The third-order valence-electron chi connectivity index (χ3n) is 3.97. The lowest BCUT2D eigenvalue weighted by Gasteiger charge is -2.31. The summed E-state index contributed by atoms with van der Waals surface area (Å²) in [6.45, 7) is 3.51. The molecule has 1 aliphatic heterocycles. The summed E-state index contributed by atoms with van der Waals surface area (Å²) < 4.78 is 24.8. The molecule has 2 N–H and O–H groups in total. The van der Waals surface area contributed by atoms with Crippen molar-refractivity contribution < 1.29 is 18.7 Å². The molecule has 0 saturated carbocycles. The highest BCUT2D eigenvalue weighted by molar-refractivity contribution is 5.93. The van der Waals surface area contributed by atoms with E-state index in [1.54, 1.807) is 24.3 Å². The molecule has 2 heterocycles. The summed E-state index contributed by atoms with van der Waals surface area (Å²) in [5, 5.41) is 9.64. The van der Waals surface area contributed by atoms with E-state index in [0.717, 1.165) is 0 Å². The fraction of sp³-hybridized carbons (Fsp3) is 0.412. The van der Waals surface area contributed by atoms with Crippen LogP contribution in [-0.4, -0.2) is 48.1 Å². The van der Waals surface area contributed by atoms with Crippen LogP contribution in [0.25, 0.3) is 11.3 Å². The summed E-state index contributed by atoms with van der Waals surface area (Å²) in [6, 6.07) is 7.74. The number of aromatic nitrogens is 2. The normalized spacial score (nSPS) is 20.8.